The molecule has 9 heteroatoms. The third-order valence-corrected chi connectivity index (χ3v) is 8.24. The second-order valence-corrected chi connectivity index (χ2v) is 11.8. The van der Waals surface area contributed by atoms with Gasteiger partial charge in [-0.25, -0.2) is 12.8 Å². The molecular weight excluding hydrogens is 497 g/mol. The van der Waals surface area contributed by atoms with Crippen molar-refractivity contribution in [2.24, 2.45) is 5.41 Å². The minimum absolute atomic E-state index is 0.0681. The van der Waals surface area contributed by atoms with Crippen LogP contribution >= 0.6 is 0 Å². The van der Waals surface area contributed by atoms with Crippen LogP contribution in [0.25, 0.3) is 11.1 Å². The second-order valence-electron chi connectivity index (χ2n) is 9.92. The molecule has 4 rings (SSSR count). The highest BCUT2D eigenvalue weighted by Gasteiger charge is 2.39. The number of carbonyl (C=O) groups is 2. The first kappa shape index (κ1) is 26.3. The zero-order valence-corrected chi connectivity index (χ0v) is 21.8. The number of ether oxygens (including phenoxy) is 1. The normalized spacial score (nSPS) is 15.6. The lowest BCUT2D eigenvalue weighted by atomic mass is 9.86. The minimum atomic E-state index is -4.08. The number of Topliss-reactive ketones (excluding diaryl/α,β-unsaturated/α-hetero) is 1. The van der Waals surface area contributed by atoms with E-state index in [1.54, 1.807) is 51.1 Å². The standard InChI is InChI=1S/C28H28FNO6S/c1-17-6-5-7-22(12-17)37(34,35)30-16-21(15-28(3,4)27(32)33)36-26-11-9-20(14-25(26)30)23-13-19(18(2)31)8-10-24(23)29/h5-14,21H,15-16H2,1-4H3,(H,32,33)/t21-/m0/s1. The summed E-state index contributed by atoms with van der Waals surface area (Å²) in [5, 5.41) is 9.60. The fourth-order valence-corrected chi connectivity index (χ4v) is 5.94. The number of carboxylic acids is 1. The molecule has 3 aromatic carbocycles. The average molecular weight is 526 g/mol. The number of halogens is 1. The molecule has 7 nitrogen and oxygen atoms in total. The Labute approximate surface area is 215 Å². The number of aryl methyl sites for hydroxylation is 1. The molecule has 0 aliphatic carbocycles. The van der Waals surface area contributed by atoms with E-state index < -0.39 is 33.3 Å². The largest absolute Gasteiger partial charge is 0.486 e. The molecule has 0 fully saturated rings. The summed E-state index contributed by atoms with van der Waals surface area (Å²) in [6, 6.07) is 15.2. The maximum Gasteiger partial charge on any atom is 0.309 e. The fraction of sp³-hybridized carbons (Fsp3) is 0.286. The Bertz CT molecular complexity index is 1500. The van der Waals surface area contributed by atoms with Crippen molar-refractivity contribution in [1.29, 1.82) is 0 Å². The van der Waals surface area contributed by atoms with E-state index in [0.29, 0.717) is 11.1 Å². The van der Waals surface area contributed by atoms with Gasteiger partial charge in [0.05, 0.1) is 22.5 Å². The van der Waals surface area contributed by atoms with Gasteiger partial charge in [0, 0.05) is 17.5 Å². The number of hydrogen-bond acceptors (Lipinski definition) is 5. The quantitative estimate of drug-likeness (QED) is 0.411. The van der Waals surface area contributed by atoms with Gasteiger partial charge in [-0.2, -0.15) is 0 Å². The molecule has 1 heterocycles. The number of benzene rings is 3. The van der Waals surface area contributed by atoms with E-state index >= 15 is 0 Å². The van der Waals surface area contributed by atoms with E-state index in [-0.39, 0.29) is 40.6 Å². The molecule has 37 heavy (non-hydrogen) atoms. The highest BCUT2D eigenvalue weighted by molar-refractivity contribution is 7.92. The van der Waals surface area contributed by atoms with Crippen LogP contribution in [-0.2, 0) is 14.8 Å². The molecule has 0 bridgehead atoms. The number of sulfonamides is 1. The van der Waals surface area contributed by atoms with E-state index in [4.69, 9.17) is 4.74 Å². The smallest absolute Gasteiger partial charge is 0.309 e. The average Bonchev–Trinajstić information content (AvgIpc) is 2.83. The molecule has 0 saturated heterocycles. The molecule has 194 valence electrons. The minimum Gasteiger partial charge on any atom is -0.486 e. The Morgan fingerprint density at radius 3 is 2.49 bits per heavy atom. The van der Waals surface area contributed by atoms with Gasteiger partial charge >= 0.3 is 5.97 Å². The molecule has 0 radical (unpaired) electrons. The van der Waals surface area contributed by atoms with Gasteiger partial charge in [0.25, 0.3) is 10.0 Å². The summed E-state index contributed by atoms with van der Waals surface area (Å²) >= 11 is 0. The molecule has 1 aliphatic heterocycles. The number of carbonyl (C=O) groups excluding carboxylic acids is 1. The van der Waals surface area contributed by atoms with E-state index in [2.05, 4.69) is 0 Å². The van der Waals surface area contributed by atoms with Crippen molar-refractivity contribution < 1.29 is 32.2 Å². The van der Waals surface area contributed by atoms with Gasteiger partial charge in [-0.3, -0.25) is 13.9 Å². The molecule has 1 aliphatic rings. The molecule has 3 aromatic rings. The maximum atomic E-state index is 14.8. The Morgan fingerprint density at radius 1 is 1.11 bits per heavy atom. The van der Waals surface area contributed by atoms with Crippen LogP contribution in [0, 0.1) is 18.2 Å². The first-order valence-electron chi connectivity index (χ1n) is 11.7. The van der Waals surface area contributed by atoms with E-state index in [9.17, 15) is 27.5 Å². The topological polar surface area (TPSA) is 101 Å². The zero-order valence-electron chi connectivity index (χ0n) is 21.0. The highest BCUT2D eigenvalue weighted by atomic mass is 32.2. The lowest BCUT2D eigenvalue weighted by Crippen LogP contribution is -2.46. The van der Waals surface area contributed by atoms with Gasteiger partial charge in [-0.15, -0.1) is 0 Å². The molecule has 1 atom stereocenters. The number of anilines is 1. The van der Waals surface area contributed by atoms with Crippen LogP contribution in [0.2, 0.25) is 0 Å². The van der Waals surface area contributed by atoms with Crippen molar-refractivity contribution in [3.63, 3.8) is 0 Å². The SMILES string of the molecule is CC(=O)c1ccc(F)c(-c2ccc3c(c2)N(S(=O)(=O)c2cccc(C)c2)C[C@H](CC(C)(C)C(=O)O)O3)c1. The van der Waals surface area contributed by atoms with Crippen LogP contribution in [0.1, 0.15) is 43.1 Å². The van der Waals surface area contributed by atoms with Gasteiger partial charge < -0.3 is 9.84 Å². The predicted octanol–water partition coefficient (Wildman–Crippen LogP) is 5.46. The van der Waals surface area contributed by atoms with Crippen molar-refractivity contribution in [2.45, 2.75) is 45.1 Å². The zero-order chi connectivity index (χ0) is 27.1. The Morgan fingerprint density at radius 2 is 1.84 bits per heavy atom. The van der Waals surface area contributed by atoms with E-state index in [1.807, 2.05) is 0 Å². The Hall–Kier alpha value is -3.72. The number of nitrogens with zero attached hydrogens (tertiary/aromatic N) is 1. The van der Waals surface area contributed by atoms with Gasteiger partial charge in [-0.05, 0) is 81.3 Å². The van der Waals surface area contributed by atoms with Crippen LogP contribution in [0.4, 0.5) is 10.1 Å². The fourth-order valence-electron chi connectivity index (χ4n) is 4.34. The summed E-state index contributed by atoms with van der Waals surface area (Å²) in [7, 11) is -4.08. The summed E-state index contributed by atoms with van der Waals surface area (Å²) in [4.78, 5) is 23.7. The van der Waals surface area contributed by atoms with E-state index in [0.717, 1.165) is 5.56 Å². The first-order chi connectivity index (χ1) is 17.3. The van der Waals surface area contributed by atoms with Crippen molar-refractivity contribution in [3.8, 4) is 16.9 Å². The summed E-state index contributed by atoms with van der Waals surface area (Å²) in [6.07, 6.45) is -0.666. The van der Waals surface area contributed by atoms with Crippen molar-refractivity contribution in [3.05, 3.63) is 77.6 Å². The Balaban J connectivity index is 1.85. The van der Waals surface area contributed by atoms with Crippen molar-refractivity contribution in [2.75, 3.05) is 10.8 Å². The second kappa shape index (κ2) is 9.63. The first-order valence-corrected chi connectivity index (χ1v) is 13.2. The highest BCUT2D eigenvalue weighted by Crippen LogP contribution is 2.42. The summed E-state index contributed by atoms with van der Waals surface area (Å²) < 4.78 is 49.7. The Kier molecular flexibility index (Phi) is 6.85. The molecule has 1 N–H and O–H groups in total. The van der Waals surface area contributed by atoms with E-state index in [1.165, 1.54) is 41.6 Å². The van der Waals surface area contributed by atoms with Gasteiger partial charge in [0.2, 0.25) is 0 Å². The summed E-state index contributed by atoms with van der Waals surface area (Å²) in [5.41, 5.74) is 0.655. The van der Waals surface area contributed by atoms with Crippen LogP contribution in [-0.4, -0.2) is 37.9 Å². The third kappa shape index (κ3) is 5.22. The van der Waals surface area contributed by atoms with Crippen molar-refractivity contribution >= 4 is 27.5 Å². The van der Waals surface area contributed by atoms with Crippen LogP contribution in [0.5, 0.6) is 5.75 Å². The molecule has 0 amide bonds. The van der Waals surface area contributed by atoms with Crippen LogP contribution in [0.3, 0.4) is 0 Å². The molecule has 0 aromatic heterocycles. The van der Waals surface area contributed by atoms with Gasteiger partial charge in [-0.1, -0.05) is 18.2 Å². The number of fused-ring (bicyclic) bond motifs is 1. The molecular formula is C28H28FNO6S. The molecule has 0 spiro atoms. The monoisotopic (exact) mass is 525 g/mol. The lowest BCUT2D eigenvalue weighted by Gasteiger charge is -2.38. The van der Waals surface area contributed by atoms with Crippen molar-refractivity contribution in [1.82, 2.24) is 0 Å². The number of hydrogen-bond donors (Lipinski definition) is 1. The molecule has 0 unspecified atom stereocenters. The number of carboxylic acid groups (broad SMARTS) is 1. The number of aliphatic carboxylic acids is 1. The summed E-state index contributed by atoms with van der Waals surface area (Å²) in [6.45, 7) is 6.16. The lowest BCUT2D eigenvalue weighted by molar-refractivity contribution is -0.148. The predicted molar refractivity (Wildman–Crippen MR) is 138 cm³/mol. The van der Waals surface area contributed by atoms with Crippen LogP contribution < -0.4 is 9.04 Å². The summed E-state index contributed by atoms with van der Waals surface area (Å²) in [5.74, 6) is -1.57. The van der Waals surface area contributed by atoms with Gasteiger partial charge in [0.15, 0.2) is 5.78 Å². The van der Waals surface area contributed by atoms with Crippen LogP contribution in [0.15, 0.2) is 65.6 Å². The number of rotatable bonds is 7. The maximum absolute atomic E-state index is 14.8. The number of ketones is 1. The third-order valence-electron chi connectivity index (χ3n) is 6.47. The van der Waals surface area contributed by atoms with Gasteiger partial charge in [0.1, 0.15) is 17.7 Å². The molecule has 0 saturated carbocycles.